The van der Waals surface area contributed by atoms with Gasteiger partial charge in [0.1, 0.15) is 5.75 Å². The third-order valence-electron chi connectivity index (χ3n) is 2.01. The highest BCUT2D eigenvalue weighted by Gasteiger charge is 1.92. The molecule has 0 atom stereocenters. The molecule has 0 fully saturated rings. The van der Waals surface area contributed by atoms with Gasteiger partial charge in [-0.1, -0.05) is 12.1 Å². The lowest BCUT2D eigenvalue weighted by molar-refractivity contribution is 0.475. The number of benzene rings is 1. The van der Waals surface area contributed by atoms with Crippen LogP contribution in [-0.2, 0) is 6.54 Å². The Labute approximate surface area is 82.6 Å². The van der Waals surface area contributed by atoms with Gasteiger partial charge in [0.05, 0.1) is 6.54 Å². The second-order valence-corrected chi connectivity index (χ2v) is 3.09. The van der Waals surface area contributed by atoms with Crippen LogP contribution in [0.4, 0.5) is 0 Å². The Morgan fingerprint density at radius 3 is 2.36 bits per heavy atom. The number of rotatable bonds is 3. The summed E-state index contributed by atoms with van der Waals surface area (Å²) in [5, 5.41) is 9.08. The summed E-state index contributed by atoms with van der Waals surface area (Å²) in [4.78, 5) is 0. The second kappa shape index (κ2) is 3.87. The van der Waals surface area contributed by atoms with Crippen molar-refractivity contribution < 1.29 is 5.11 Å². The Morgan fingerprint density at radius 2 is 1.71 bits per heavy atom. The zero-order valence-electron chi connectivity index (χ0n) is 7.72. The summed E-state index contributed by atoms with van der Waals surface area (Å²) in [7, 11) is 0. The monoisotopic (exact) mass is 188 g/mol. The highest BCUT2D eigenvalue weighted by molar-refractivity contribution is 5.26. The summed E-state index contributed by atoms with van der Waals surface area (Å²) >= 11 is 0. The zero-order chi connectivity index (χ0) is 9.80. The molecule has 2 aromatic rings. The maximum absolute atomic E-state index is 9.08. The minimum Gasteiger partial charge on any atom is -0.508 e. The maximum atomic E-state index is 9.08. The van der Waals surface area contributed by atoms with E-state index in [0.717, 1.165) is 12.1 Å². The average molecular weight is 188 g/mol. The fraction of sp³-hybridized carbons (Fsp3) is 0.0909. The molecule has 2 rings (SSSR count). The summed E-state index contributed by atoms with van der Waals surface area (Å²) in [5.74, 6) is 0.301. The quantitative estimate of drug-likeness (QED) is 0.772. The molecular formula is C11H12N2O. The number of phenols is 1. The van der Waals surface area contributed by atoms with E-state index in [1.54, 1.807) is 12.1 Å². The van der Waals surface area contributed by atoms with Crippen LogP contribution in [-0.4, -0.2) is 9.78 Å². The molecule has 0 radical (unpaired) electrons. The first kappa shape index (κ1) is 8.69. The normalized spacial score (nSPS) is 10.0. The van der Waals surface area contributed by atoms with Gasteiger partial charge in [-0.05, 0) is 29.8 Å². The summed E-state index contributed by atoms with van der Waals surface area (Å²) in [6.07, 6.45) is 3.89. The van der Waals surface area contributed by atoms with E-state index in [9.17, 15) is 0 Å². The Morgan fingerprint density at radius 1 is 1.07 bits per heavy atom. The lowest BCUT2D eigenvalue weighted by Gasteiger charge is -2.07. The molecule has 3 nitrogen and oxygen atoms in total. The van der Waals surface area contributed by atoms with E-state index in [2.05, 4.69) is 5.43 Å². The smallest absolute Gasteiger partial charge is 0.115 e. The van der Waals surface area contributed by atoms with E-state index in [0.29, 0.717) is 5.75 Å². The summed E-state index contributed by atoms with van der Waals surface area (Å²) in [6.45, 7) is 0.745. The molecule has 14 heavy (non-hydrogen) atoms. The molecule has 0 aliphatic carbocycles. The van der Waals surface area contributed by atoms with Gasteiger partial charge < -0.3 is 10.5 Å². The molecular weight excluding hydrogens is 176 g/mol. The summed E-state index contributed by atoms with van der Waals surface area (Å²) in [6, 6.07) is 11.1. The van der Waals surface area contributed by atoms with Gasteiger partial charge in [-0.3, -0.25) is 4.68 Å². The molecule has 0 spiro atoms. The fourth-order valence-electron chi connectivity index (χ4n) is 1.24. The van der Waals surface area contributed by atoms with Gasteiger partial charge >= 0.3 is 0 Å². The third kappa shape index (κ3) is 2.07. The second-order valence-electron chi connectivity index (χ2n) is 3.09. The largest absolute Gasteiger partial charge is 0.508 e. The SMILES string of the molecule is Oc1ccc(CNn2cccc2)cc1. The summed E-state index contributed by atoms with van der Waals surface area (Å²) in [5.41, 5.74) is 4.33. The Balaban J connectivity index is 1.95. The molecule has 1 aromatic carbocycles. The molecule has 2 N–H and O–H groups in total. The number of nitrogens with zero attached hydrogens (tertiary/aromatic N) is 1. The van der Waals surface area contributed by atoms with Crippen molar-refractivity contribution in [2.24, 2.45) is 0 Å². The predicted molar refractivity (Wildman–Crippen MR) is 55.6 cm³/mol. The number of aromatic nitrogens is 1. The van der Waals surface area contributed by atoms with Crippen molar-refractivity contribution in [2.75, 3.05) is 5.43 Å². The number of aromatic hydroxyl groups is 1. The van der Waals surface area contributed by atoms with Gasteiger partial charge in [-0.15, -0.1) is 0 Å². The van der Waals surface area contributed by atoms with Crippen molar-refractivity contribution in [1.82, 2.24) is 4.68 Å². The number of phenolic OH excluding ortho intramolecular Hbond substituents is 1. The van der Waals surface area contributed by atoms with E-state index < -0.39 is 0 Å². The van der Waals surface area contributed by atoms with E-state index in [-0.39, 0.29) is 0 Å². The Bertz CT molecular complexity index is 378. The van der Waals surface area contributed by atoms with Crippen molar-refractivity contribution in [2.45, 2.75) is 6.54 Å². The van der Waals surface area contributed by atoms with Gasteiger partial charge in [0.25, 0.3) is 0 Å². The van der Waals surface area contributed by atoms with Crippen LogP contribution in [0.2, 0.25) is 0 Å². The van der Waals surface area contributed by atoms with Crippen LogP contribution in [0.25, 0.3) is 0 Å². The van der Waals surface area contributed by atoms with E-state index in [4.69, 9.17) is 5.11 Å². The van der Waals surface area contributed by atoms with Crippen molar-refractivity contribution >= 4 is 0 Å². The molecule has 0 aliphatic rings. The molecule has 1 aromatic heterocycles. The first-order valence-corrected chi connectivity index (χ1v) is 4.49. The van der Waals surface area contributed by atoms with Gasteiger partial charge in [0.15, 0.2) is 0 Å². The van der Waals surface area contributed by atoms with Crippen LogP contribution >= 0.6 is 0 Å². The van der Waals surface area contributed by atoms with Crippen LogP contribution in [0.1, 0.15) is 5.56 Å². The molecule has 0 saturated heterocycles. The van der Waals surface area contributed by atoms with Crippen LogP contribution in [0.5, 0.6) is 5.75 Å². The van der Waals surface area contributed by atoms with Crippen LogP contribution in [0.3, 0.4) is 0 Å². The van der Waals surface area contributed by atoms with Crippen LogP contribution in [0, 0.1) is 0 Å². The van der Waals surface area contributed by atoms with Crippen molar-refractivity contribution in [1.29, 1.82) is 0 Å². The van der Waals surface area contributed by atoms with E-state index in [1.165, 1.54) is 0 Å². The molecule has 1 heterocycles. The summed E-state index contributed by atoms with van der Waals surface area (Å²) < 4.78 is 1.90. The third-order valence-corrected chi connectivity index (χ3v) is 2.01. The van der Waals surface area contributed by atoms with Crippen LogP contribution < -0.4 is 5.43 Å². The minimum absolute atomic E-state index is 0.301. The lowest BCUT2D eigenvalue weighted by Crippen LogP contribution is -2.11. The van der Waals surface area contributed by atoms with Crippen LogP contribution in [0.15, 0.2) is 48.8 Å². The number of hydrogen-bond acceptors (Lipinski definition) is 2. The van der Waals surface area contributed by atoms with E-state index in [1.807, 2.05) is 41.3 Å². The highest BCUT2D eigenvalue weighted by Crippen LogP contribution is 2.09. The number of nitrogens with one attached hydrogen (secondary N) is 1. The zero-order valence-corrected chi connectivity index (χ0v) is 7.72. The van der Waals surface area contributed by atoms with Gasteiger partial charge in [0, 0.05) is 12.4 Å². The molecule has 0 unspecified atom stereocenters. The Kier molecular flexibility index (Phi) is 2.40. The molecule has 3 heteroatoms. The van der Waals surface area contributed by atoms with Crippen molar-refractivity contribution in [3.8, 4) is 5.75 Å². The molecule has 0 aliphatic heterocycles. The predicted octanol–water partition coefficient (Wildman–Crippen LogP) is 1.94. The van der Waals surface area contributed by atoms with Gasteiger partial charge in [-0.2, -0.15) is 0 Å². The number of hydrogen-bond donors (Lipinski definition) is 2. The molecule has 0 amide bonds. The van der Waals surface area contributed by atoms with Crippen molar-refractivity contribution in [3.63, 3.8) is 0 Å². The highest BCUT2D eigenvalue weighted by atomic mass is 16.3. The first-order chi connectivity index (χ1) is 6.84. The van der Waals surface area contributed by atoms with Gasteiger partial charge in [-0.25, -0.2) is 0 Å². The molecule has 0 bridgehead atoms. The molecule has 72 valence electrons. The Hall–Kier alpha value is -1.90. The van der Waals surface area contributed by atoms with E-state index >= 15 is 0 Å². The lowest BCUT2D eigenvalue weighted by atomic mass is 10.2. The molecule has 0 saturated carbocycles. The fourth-order valence-corrected chi connectivity index (χ4v) is 1.24. The average Bonchev–Trinajstić information content (AvgIpc) is 2.70. The topological polar surface area (TPSA) is 37.2 Å². The van der Waals surface area contributed by atoms with Gasteiger partial charge in [0.2, 0.25) is 0 Å². The van der Waals surface area contributed by atoms with Crippen molar-refractivity contribution in [3.05, 3.63) is 54.4 Å². The first-order valence-electron chi connectivity index (χ1n) is 4.49. The standard InChI is InChI=1S/C11H12N2O/c14-11-5-3-10(4-6-11)9-12-13-7-1-2-8-13/h1-8,12,14H,9H2. The maximum Gasteiger partial charge on any atom is 0.115 e. The minimum atomic E-state index is 0.301.